The summed E-state index contributed by atoms with van der Waals surface area (Å²) in [6, 6.07) is 6.55. The van der Waals surface area contributed by atoms with Gasteiger partial charge in [-0.2, -0.15) is 9.35 Å². The number of rotatable bonds is 14. The molecule has 0 aliphatic carbocycles. The van der Waals surface area contributed by atoms with Crippen molar-refractivity contribution in [2.45, 2.75) is 38.8 Å². The van der Waals surface area contributed by atoms with Crippen LogP contribution >= 0.6 is 11.3 Å². The van der Waals surface area contributed by atoms with E-state index < -0.39 is 64.4 Å². The van der Waals surface area contributed by atoms with E-state index in [-0.39, 0.29) is 10.8 Å². The average Bonchev–Trinajstić information content (AvgIpc) is 3.33. The summed E-state index contributed by atoms with van der Waals surface area (Å²) < 4.78 is 42.5. The minimum absolute atomic E-state index is 0.0380. The van der Waals surface area contributed by atoms with Gasteiger partial charge in [-0.1, -0.05) is 23.4 Å². The van der Waals surface area contributed by atoms with Gasteiger partial charge in [-0.15, -0.1) is 11.3 Å². The Labute approximate surface area is 238 Å². The molecule has 220 valence electrons. The van der Waals surface area contributed by atoms with Crippen molar-refractivity contribution in [1.82, 2.24) is 10.0 Å². The second-order valence-electron chi connectivity index (χ2n) is 9.12. The number of benzene rings is 1. The summed E-state index contributed by atoms with van der Waals surface area (Å²) in [4.78, 5) is 46.6. The molecule has 41 heavy (non-hydrogen) atoms. The number of carboxylic acid groups (broad SMARTS) is 1. The molecule has 15 nitrogen and oxygen atoms in total. The molecular weight excluding hydrogens is 582 g/mol. The number of nitrogens with one attached hydrogen (secondary N) is 1. The lowest BCUT2D eigenvalue weighted by molar-refractivity contribution is -0.228. The Hall–Kier alpha value is -4.19. The molecule has 2 atom stereocenters. The van der Waals surface area contributed by atoms with Crippen LogP contribution in [0.25, 0.3) is 5.57 Å². The van der Waals surface area contributed by atoms with Crippen LogP contribution in [0.2, 0.25) is 0 Å². The molecule has 0 unspecified atom stereocenters. The molecule has 1 saturated heterocycles. The lowest BCUT2D eigenvalue weighted by Gasteiger charge is -2.51. The first-order chi connectivity index (χ1) is 19.2. The molecule has 0 spiro atoms. The number of β-lactam (4-membered cyclic amide) rings is 1. The number of nitrogen functional groups attached to an aromatic ring is 1. The number of hydrogen-bond donors (Lipinski definition) is 3. The lowest BCUT2D eigenvalue weighted by atomic mass is 9.74. The van der Waals surface area contributed by atoms with Crippen LogP contribution in [-0.2, 0) is 33.9 Å². The first-order valence-corrected chi connectivity index (χ1v) is 14.0. The molecule has 0 saturated carbocycles. The zero-order valence-electron chi connectivity index (χ0n) is 22.0. The van der Waals surface area contributed by atoms with E-state index in [1.54, 1.807) is 37.3 Å². The number of carboxylic acids is 1. The number of carbonyl (C=O) groups excluding carboxylic acids is 2. The number of hydroxylamine groups is 2. The van der Waals surface area contributed by atoms with Crippen LogP contribution in [0.15, 0.2) is 40.9 Å². The Bertz CT molecular complexity index is 1500. The maximum Gasteiger partial charge on any atom is 0.351 e. The van der Waals surface area contributed by atoms with Crippen LogP contribution in [0, 0.1) is 11.3 Å². The van der Waals surface area contributed by atoms with Crippen molar-refractivity contribution < 1.29 is 46.3 Å². The number of amides is 1. The number of Topliss-reactive ketones (excluding diaryl/α,β-unsaturated/α-hetero) is 1. The van der Waals surface area contributed by atoms with Crippen LogP contribution in [-0.4, -0.2) is 76.0 Å². The summed E-state index contributed by atoms with van der Waals surface area (Å²) in [5, 5.41) is 22.6. The topological polar surface area (TPSA) is 235 Å². The van der Waals surface area contributed by atoms with Gasteiger partial charge in [0.25, 0.3) is 12.0 Å². The number of oxime groups is 1. The fourth-order valence-electron chi connectivity index (χ4n) is 3.80. The highest BCUT2D eigenvalue weighted by atomic mass is 32.3. The Morgan fingerprint density at radius 1 is 1.34 bits per heavy atom. The van der Waals surface area contributed by atoms with Gasteiger partial charge >= 0.3 is 5.97 Å². The van der Waals surface area contributed by atoms with Crippen molar-refractivity contribution >= 4 is 62.0 Å². The molecule has 3 rings (SSSR count). The van der Waals surface area contributed by atoms with E-state index in [0.29, 0.717) is 16.4 Å². The minimum Gasteiger partial charge on any atom is -0.724 e. The van der Waals surface area contributed by atoms with E-state index in [0.717, 1.165) is 16.9 Å². The molecule has 17 heteroatoms. The van der Waals surface area contributed by atoms with E-state index in [4.69, 9.17) is 20.7 Å². The highest BCUT2D eigenvalue weighted by Gasteiger charge is 2.57. The molecule has 1 aromatic heterocycles. The van der Waals surface area contributed by atoms with Crippen molar-refractivity contribution in [3.8, 4) is 5.75 Å². The van der Waals surface area contributed by atoms with Gasteiger partial charge in [0.15, 0.2) is 16.6 Å². The number of ketones is 1. The first-order valence-electron chi connectivity index (χ1n) is 11.8. The van der Waals surface area contributed by atoms with Crippen molar-refractivity contribution in [3.05, 3.63) is 47.0 Å². The Balaban J connectivity index is 1.76. The number of ether oxygens (including phenoxy) is 1. The highest BCUT2D eigenvalue weighted by molar-refractivity contribution is 7.80. The van der Waals surface area contributed by atoms with Crippen molar-refractivity contribution in [1.29, 1.82) is 5.41 Å². The van der Waals surface area contributed by atoms with E-state index in [9.17, 15) is 32.5 Å². The standard InChI is InChI=1S/C24H27N5O10S2/c1-4-13(10-25)14-5-7-15(8-6-14)37-11-19(22(32)33)38-28-20(17-12-40-23(26)27-17)18(30)9-16-21(31)29(24(16,2)3)39-41(34,35)36/h4-8,10,12,16,19,25H,9,11H2,1-3H3,(H2,26,27)(H,32,33)(H,34,35,36)/p-1/b13-4+,25-10?,28-20-/t16-,19+/m1/s1. The quantitative estimate of drug-likeness (QED) is 0.0912. The Morgan fingerprint density at radius 3 is 2.49 bits per heavy atom. The maximum absolute atomic E-state index is 13.2. The number of nitrogens with two attached hydrogens (primary N) is 1. The van der Waals surface area contributed by atoms with Gasteiger partial charge in [0.1, 0.15) is 18.1 Å². The van der Waals surface area contributed by atoms with Gasteiger partial charge in [0.05, 0.1) is 11.5 Å². The number of aliphatic carboxylic acids is 1. The first kappa shape index (κ1) is 31.3. The third-order valence-corrected chi connectivity index (χ3v) is 7.07. The molecule has 1 aliphatic rings. The van der Waals surface area contributed by atoms with Crippen LogP contribution in [0.5, 0.6) is 5.75 Å². The van der Waals surface area contributed by atoms with Gasteiger partial charge in [0, 0.05) is 18.0 Å². The zero-order chi connectivity index (χ0) is 30.5. The molecule has 1 aliphatic heterocycles. The van der Waals surface area contributed by atoms with Crippen LogP contribution in [0.4, 0.5) is 5.13 Å². The van der Waals surface area contributed by atoms with Gasteiger partial charge in [0.2, 0.25) is 10.4 Å². The predicted octanol–water partition coefficient (Wildman–Crippen LogP) is 1.62. The molecule has 0 radical (unpaired) electrons. The fourth-order valence-corrected chi connectivity index (χ4v) is 4.79. The molecule has 1 aromatic carbocycles. The Kier molecular flexibility index (Phi) is 9.59. The largest absolute Gasteiger partial charge is 0.724 e. The number of allylic oxidation sites excluding steroid dienone is 2. The number of nitrogens with zero attached hydrogens (tertiary/aromatic N) is 3. The predicted molar refractivity (Wildman–Crippen MR) is 145 cm³/mol. The van der Waals surface area contributed by atoms with Crippen molar-refractivity contribution in [3.63, 3.8) is 0 Å². The van der Waals surface area contributed by atoms with Crippen molar-refractivity contribution in [2.24, 2.45) is 11.1 Å². The molecule has 0 bridgehead atoms. The molecular formula is C24H26N5O10S2-. The van der Waals surface area contributed by atoms with Gasteiger partial charge in [-0.3, -0.25) is 9.59 Å². The smallest absolute Gasteiger partial charge is 0.351 e. The summed E-state index contributed by atoms with van der Waals surface area (Å²) in [6.07, 6.45) is 0.773. The Morgan fingerprint density at radius 2 is 2.00 bits per heavy atom. The SMILES string of the molecule is C/C=C(\C=N)c1ccc(OC[C@H](O/N=C(\C(=O)C[C@@H]2C(=O)N(OS(=O)(=O)[O-])C2(C)C)c2csc(N)n2)C(=O)O)cc1. The molecule has 2 heterocycles. The van der Waals surface area contributed by atoms with E-state index >= 15 is 0 Å². The summed E-state index contributed by atoms with van der Waals surface area (Å²) in [7, 11) is -5.23. The molecule has 4 N–H and O–H groups in total. The van der Waals surface area contributed by atoms with Crippen LogP contribution in [0.3, 0.4) is 0 Å². The maximum atomic E-state index is 13.2. The molecule has 1 amide bonds. The minimum atomic E-state index is -5.23. The number of thiazole rings is 1. The second kappa shape index (κ2) is 12.5. The molecule has 1 fully saturated rings. The average molecular weight is 609 g/mol. The van der Waals surface area contributed by atoms with E-state index in [2.05, 4.69) is 14.4 Å². The van der Waals surface area contributed by atoms with Crippen LogP contribution in [0.1, 0.15) is 38.4 Å². The fraction of sp³-hybridized carbons (Fsp3) is 0.333. The van der Waals surface area contributed by atoms with Gasteiger partial charge in [-0.25, -0.2) is 18.2 Å². The van der Waals surface area contributed by atoms with Crippen LogP contribution < -0.4 is 10.5 Å². The van der Waals surface area contributed by atoms with E-state index in [1.807, 2.05) is 0 Å². The van der Waals surface area contributed by atoms with E-state index in [1.165, 1.54) is 25.4 Å². The second-order valence-corrected chi connectivity index (χ2v) is 11.0. The summed E-state index contributed by atoms with van der Waals surface area (Å²) in [5.41, 5.74) is 5.29. The number of aromatic nitrogens is 1. The zero-order valence-corrected chi connectivity index (χ0v) is 23.6. The lowest BCUT2D eigenvalue weighted by Crippen LogP contribution is -2.68. The monoisotopic (exact) mass is 608 g/mol. The highest BCUT2D eigenvalue weighted by Crippen LogP contribution is 2.40. The third kappa shape index (κ3) is 7.51. The summed E-state index contributed by atoms with van der Waals surface area (Å²) in [5.74, 6) is -3.95. The number of anilines is 1. The third-order valence-electron chi connectivity index (χ3n) is 6.06. The molecule has 2 aromatic rings. The summed E-state index contributed by atoms with van der Waals surface area (Å²) in [6.45, 7) is 4.07. The van der Waals surface area contributed by atoms with Crippen molar-refractivity contribution in [2.75, 3.05) is 12.3 Å². The van der Waals surface area contributed by atoms with Gasteiger partial charge < -0.3 is 30.4 Å². The number of hydrogen-bond acceptors (Lipinski definition) is 14. The number of carbonyl (C=O) groups is 3. The van der Waals surface area contributed by atoms with Gasteiger partial charge in [-0.05, 0) is 44.0 Å². The summed E-state index contributed by atoms with van der Waals surface area (Å²) >= 11 is 0.973. The normalized spacial score (nSPS) is 17.9.